The summed E-state index contributed by atoms with van der Waals surface area (Å²) in [5.41, 5.74) is 1.82. The summed E-state index contributed by atoms with van der Waals surface area (Å²) in [6.07, 6.45) is -1.55. The van der Waals surface area contributed by atoms with Gasteiger partial charge in [-0.2, -0.15) is 0 Å². The minimum absolute atomic E-state index is 0.0596. The smallest absolute Gasteiger partial charge is 0.132 e. The Morgan fingerprint density at radius 2 is 1.41 bits per heavy atom. The van der Waals surface area contributed by atoms with Crippen LogP contribution in [0.4, 0.5) is 0 Å². The van der Waals surface area contributed by atoms with Gasteiger partial charge in [0.05, 0.1) is 12.7 Å². The summed E-state index contributed by atoms with van der Waals surface area (Å²) in [7, 11) is 0. The minimum atomic E-state index is -0.900. The number of epoxide rings is 1. The molecule has 29 heavy (non-hydrogen) atoms. The van der Waals surface area contributed by atoms with Gasteiger partial charge in [0.15, 0.2) is 0 Å². The maximum Gasteiger partial charge on any atom is 0.132 e. The number of rotatable bonds is 9. The first kappa shape index (κ1) is 21.6. The summed E-state index contributed by atoms with van der Waals surface area (Å²) in [5.74, 6) is 1.50. The van der Waals surface area contributed by atoms with Gasteiger partial charge in [-0.1, -0.05) is 38.1 Å². The third-order valence-electron chi connectivity index (χ3n) is 5.62. The Bertz CT molecular complexity index is 789. The molecule has 5 heteroatoms. The molecular weight excluding hydrogens is 368 g/mol. The average molecular weight is 401 g/mol. The first-order chi connectivity index (χ1) is 13.6. The van der Waals surface area contributed by atoms with E-state index in [1.165, 1.54) is 12.5 Å². The number of aliphatic hydroxyl groups is 2. The molecule has 0 spiro atoms. The molecule has 1 saturated heterocycles. The zero-order valence-electron chi connectivity index (χ0n) is 17.9. The van der Waals surface area contributed by atoms with Crippen LogP contribution in [0.5, 0.6) is 11.5 Å². The lowest BCUT2D eigenvalue weighted by Crippen LogP contribution is -2.34. The number of ether oxygens (including phenoxy) is 3. The Morgan fingerprint density at radius 3 is 1.86 bits per heavy atom. The fourth-order valence-corrected chi connectivity index (χ4v) is 3.21. The van der Waals surface area contributed by atoms with Crippen molar-refractivity contribution in [3.8, 4) is 11.5 Å². The lowest BCUT2D eigenvalue weighted by molar-refractivity contribution is 0.00226. The highest BCUT2D eigenvalue weighted by Gasteiger charge is 2.41. The van der Waals surface area contributed by atoms with Crippen LogP contribution in [-0.2, 0) is 10.2 Å². The van der Waals surface area contributed by atoms with E-state index >= 15 is 0 Å². The van der Waals surface area contributed by atoms with Crippen LogP contribution in [0.15, 0.2) is 48.5 Å². The third-order valence-corrected chi connectivity index (χ3v) is 5.62. The highest BCUT2D eigenvalue weighted by atomic mass is 16.6. The SMILES string of the molecule is CC(O)C(O)COc1ccc(C(C)(C)c2ccc(OC(C)(C)C3CO3)cc2)cc1. The highest BCUT2D eigenvalue weighted by molar-refractivity contribution is 5.42. The van der Waals surface area contributed by atoms with E-state index in [-0.39, 0.29) is 23.7 Å². The maximum absolute atomic E-state index is 9.65. The molecule has 0 saturated carbocycles. The Morgan fingerprint density at radius 1 is 0.931 bits per heavy atom. The number of hydrogen-bond acceptors (Lipinski definition) is 5. The normalized spacial score (nSPS) is 18.8. The Kier molecular flexibility index (Phi) is 6.22. The van der Waals surface area contributed by atoms with E-state index in [0.717, 1.165) is 17.9 Å². The first-order valence-corrected chi connectivity index (χ1v) is 10.1. The van der Waals surface area contributed by atoms with Gasteiger partial charge in [0.25, 0.3) is 0 Å². The monoisotopic (exact) mass is 400 g/mol. The largest absolute Gasteiger partial charge is 0.491 e. The molecule has 2 N–H and O–H groups in total. The van der Waals surface area contributed by atoms with Gasteiger partial charge in [-0.3, -0.25) is 0 Å². The molecule has 3 rings (SSSR count). The van der Waals surface area contributed by atoms with Gasteiger partial charge in [0.2, 0.25) is 0 Å². The van der Waals surface area contributed by atoms with E-state index in [9.17, 15) is 10.2 Å². The average Bonchev–Trinajstić information content (AvgIpc) is 3.52. The van der Waals surface area contributed by atoms with Crippen LogP contribution in [0.25, 0.3) is 0 Å². The predicted octanol–water partition coefficient (Wildman–Crippen LogP) is 3.69. The van der Waals surface area contributed by atoms with Gasteiger partial charge in [-0.15, -0.1) is 0 Å². The Labute approximate surface area is 173 Å². The zero-order chi connectivity index (χ0) is 21.2. The molecule has 158 valence electrons. The van der Waals surface area contributed by atoms with Crippen LogP contribution in [0.1, 0.15) is 45.7 Å². The molecule has 5 nitrogen and oxygen atoms in total. The fourth-order valence-electron chi connectivity index (χ4n) is 3.21. The first-order valence-electron chi connectivity index (χ1n) is 10.1. The van der Waals surface area contributed by atoms with Crippen LogP contribution < -0.4 is 9.47 Å². The molecule has 1 aliphatic rings. The summed E-state index contributed by atoms with van der Waals surface area (Å²) >= 11 is 0. The van der Waals surface area contributed by atoms with Crippen molar-refractivity contribution in [2.45, 2.75) is 63.9 Å². The third kappa shape index (κ3) is 5.30. The second-order valence-corrected chi connectivity index (χ2v) is 8.82. The van der Waals surface area contributed by atoms with Crippen LogP contribution >= 0.6 is 0 Å². The Balaban J connectivity index is 1.66. The quantitative estimate of drug-likeness (QED) is 0.628. The fraction of sp³-hybridized carbons (Fsp3) is 0.500. The van der Waals surface area contributed by atoms with Crippen molar-refractivity contribution in [3.05, 3.63) is 59.7 Å². The van der Waals surface area contributed by atoms with Gasteiger partial charge in [-0.05, 0) is 56.2 Å². The summed E-state index contributed by atoms with van der Waals surface area (Å²) in [5, 5.41) is 19.0. The maximum atomic E-state index is 9.65. The molecule has 0 aromatic heterocycles. The van der Waals surface area contributed by atoms with Gasteiger partial charge in [-0.25, -0.2) is 0 Å². The number of benzene rings is 2. The number of aliphatic hydroxyl groups excluding tert-OH is 2. The van der Waals surface area contributed by atoms with E-state index in [0.29, 0.717) is 5.75 Å². The molecule has 0 amide bonds. The second-order valence-electron chi connectivity index (χ2n) is 8.82. The highest BCUT2D eigenvalue weighted by Crippen LogP contribution is 2.35. The number of hydrogen-bond donors (Lipinski definition) is 2. The van der Waals surface area contributed by atoms with Crippen molar-refractivity contribution in [2.24, 2.45) is 0 Å². The van der Waals surface area contributed by atoms with E-state index in [1.54, 1.807) is 0 Å². The van der Waals surface area contributed by atoms with Crippen molar-refractivity contribution in [2.75, 3.05) is 13.2 Å². The minimum Gasteiger partial charge on any atom is -0.491 e. The van der Waals surface area contributed by atoms with Gasteiger partial charge in [0.1, 0.15) is 35.9 Å². The molecule has 0 bridgehead atoms. The molecule has 1 heterocycles. The van der Waals surface area contributed by atoms with Crippen molar-refractivity contribution in [1.29, 1.82) is 0 Å². The van der Waals surface area contributed by atoms with Gasteiger partial charge in [0, 0.05) is 5.41 Å². The van der Waals surface area contributed by atoms with Crippen LogP contribution in [0.2, 0.25) is 0 Å². The van der Waals surface area contributed by atoms with E-state index in [2.05, 4.69) is 26.0 Å². The summed E-state index contributed by atoms with van der Waals surface area (Å²) in [6, 6.07) is 16.1. The van der Waals surface area contributed by atoms with Crippen molar-refractivity contribution >= 4 is 0 Å². The molecule has 1 fully saturated rings. The molecule has 1 aliphatic heterocycles. The predicted molar refractivity (Wildman–Crippen MR) is 113 cm³/mol. The van der Waals surface area contributed by atoms with Crippen molar-refractivity contribution < 1.29 is 24.4 Å². The van der Waals surface area contributed by atoms with Crippen LogP contribution in [0, 0.1) is 0 Å². The molecule has 3 unspecified atom stereocenters. The molecule has 3 atom stereocenters. The van der Waals surface area contributed by atoms with Crippen LogP contribution in [0.3, 0.4) is 0 Å². The van der Waals surface area contributed by atoms with E-state index in [1.807, 2.05) is 50.2 Å². The Hall–Kier alpha value is -2.08. The summed E-state index contributed by atoms with van der Waals surface area (Å²) in [6.45, 7) is 10.8. The van der Waals surface area contributed by atoms with Crippen molar-refractivity contribution in [3.63, 3.8) is 0 Å². The molecule has 0 radical (unpaired) electrons. The van der Waals surface area contributed by atoms with E-state index < -0.39 is 12.2 Å². The molecule has 2 aromatic rings. The molecular formula is C24H32O5. The van der Waals surface area contributed by atoms with Gasteiger partial charge < -0.3 is 24.4 Å². The van der Waals surface area contributed by atoms with Crippen LogP contribution in [-0.4, -0.2) is 47.3 Å². The van der Waals surface area contributed by atoms with E-state index in [4.69, 9.17) is 14.2 Å². The topological polar surface area (TPSA) is 71.5 Å². The standard InChI is InChI=1S/C24H32O5/c1-16(25)21(26)14-27-19-10-6-17(7-11-19)23(2,3)18-8-12-20(13-9-18)29-24(4,5)22-15-28-22/h6-13,16,21-22,25-26H,14-15H2,1-5H3. The molecule has 0 aliphatic carbocycles. The second kappa shape index (κ2) is 8.34. The van der Waals surface area contributed by atoms with Gasteiger partial charge >= 0.3 is 0 Å². The molecule has 2 aromatic carbocycles. The lowest BCUT2D eigenvalue weighted by atomic mass is 9.78. The zero-order valence-corrected chi connectivity index (χ0v) is 17.9. The summed E-state index contributed by atoms with van der Waals surface area (Å²) in [4.78, 5) is 0. The van der Waals surface area contributed by atoms with Crippen molar-refractivity contribution in [1.82, 2.24) is 0 Å². The summed E-state index contributed by atoms with van der Waals surface area (Å²) < 4.78 is 17.0. The lowest BCUT2D eigenvalue weighted by Gasteiger charge is -2.28.